The van der Waals surface area contributed by atoms with Crippen molar-refractivity contribution in [1.82, 2.24) is 9.78 Å². The summed E-state index contributed by atoms with van der Waals surface area (Å²) in [6.07, 6.45) is 0.697. The molecule has 0 bridgehead atoms. The van der Waals surface area contributed by atoms with E-state index < -0.39 is 0 Å². The molecule has 0 radical (unpaired) electrons. The van der Waals surface area contributed by atoms with Gasteiger partial charge in [-0.1, -0.05) is 28.9 Å². The lowest BCUT2D eigenvalue weighted by molar-refractivity contribution is 0.101. The Balaban J connectivity index is 2.33. The second kappa shape index (κ2) is 5.66. The Morgan fingerprint density at radius 3 is 2.80 bits per heavy atom. The summed E-state index contributed by atoms with van der Waals surface area (Å²) in [6.45, 7) is 3.89. The highest BCUT2D eigenvalue weighted by atomic mass is 79.9. The van der Waals surface area contributed by atoms with Crippen molar-refractivity contribution in [3.8, 4) is 0 Å². The largest absolute Gasteiger partial charge is 0.395 e. The van der Waals surface area contributed by atoms with Crippen molar-refractivity contribution in [2.24, 2.45) is 7.05 Å². The van der Waals surface area contributed by atoms with E-state index in [9.17, 15) is 4.79 Å². The molecule has 0 fully saturated rings. The van der Waals surface area contributed by atoms with Gasteiger partial charge in [-0.2, -0.15) is 5.10 Å². The third-order valence-electron chi connectivity index (χ3n) is 3.16. The van der Waals surface area contributed by atoms with Crippen LogP contribution < -0.4 is 11.1 Å². The maximum atomic E-state index is 12.4. The molecule has 106 valence electrons. The fraction of sp³-hybridized carbons (Fsp3) is 0.286. The average Bonchev–Trinajstić information content (AvgIpc) is 2.68. The molecule has 0 saturated carbocycles. The van der Waals surface area contributed by atoms with Crippen LogP contribution >= 0.6 is 15.9 Å². The first-order valence-electron chi connectivity index (χ1n) is 6.32. The quantitative estimate of drug-likeness (QED) is 0.905. The summed E-state index contributed by atoms with van der Waals surface area (Å²) >= 11 is 3.39. The molecule has 1 heterocycles. The van der Waals surface area contributed by atoms with E-state index >= 15 is 0 Å². The van der Waals surface area contributed by atoms with Crippen molar-refractivity contribution < 1.29 is 4.79 Å². The standard InChI is InChI=1S/C14H17BrN4O/c1-4-10-12(16)13(19(3)18-10)14(20)17-11-7-9(15)6-5-8(11)2/h5-7H,4,16H2,1-3H3,(H,17,20). The minimum atomic E-state index is -0.251. The van der Waals surface area contributed by atoms with Crippen LogP contribution in [-0.2, 0) is 13.5 Å². The zero-order chi connectivity index (χ0) is 14.9. The Bertz CT molecular complexity index is 663. The van der Waals surface area contributed by atoms with E-state index in [2.05, 4.69) is 26.3 Å². The summed E-state index contributed by atoms with van der Waals surface area (Å²) in [6, 6.07) is 5.73. The number of aromatic nitrogens is 2. The molecule has 0 unspecified atom stereocenters. The fourth-order valence-electron chi connectivity index (χ4n) is 2.04. The number of anilines is 2. The van der Waals surface area contributed by atoms with Crippen LogP contribution in [0.3, 0.4) is 0 Å². The van der Waals surface area contributed by atoms with Crippen molar-refractivity contribution >= 4 is 33.2 Å². The van der Waals surface area contributed by atoms with Gasteiger partial charge in [0.1, 0.15) is 5.69 Å². The molecule has 1 amide bonds. The molecule has 0 aliphatic heterocycles. The van der Waals surface area contributed by atoms with Crippen LogP contribution in [0.25, 0.3) is 0 Å². The van der Waals surface area contributed by atoms with E-state index in [-0.39, 0.29) is 5.91 Å². The van der Waals surface area contributed by atoms with Crippen LogP contribution in [0.1, 0.15) is 28.7 Å². The lowest BCUT2D eigenvalue weighted by Gasteiger charge is -2.09. The van der Waals surface area contributed by atoms with Gasteiger partial charge in [0, 0.05) is 17.2 Å². The van der Waals surface area contributed by atoms with Crippen molar-refractivity contribution in [1.29, 1.82) is 0 Å². The Labute approximate surface area is 126 Å². The zero-order valence-electron chi connectivity index (χ0n) is 11.7. The number of nitrogen functional groups attached to an aromatic ring is 1. The number of nitrogens with zero attached hydrogens (tertiary/aromatic N) is 2. The van der Waals surface area contributed by atoms with E-state index in [1.54, 1.807) is 7.05 Å². The number of halogens is 1. The van der Waals surface area contributed by atoms with Gasteiger partial charge in [-0.3, -0.25) is 9.48 Å². The second-order valence-electron chi connectivity index (χ2n) is 4.60. The van der Waals surface area contributed by atoms with Gasteiger partial charge in [0.05, 0.1) is 11.4 Å². The monoisotopic (exact) mass is 336 g/mol. The first-order valence-corrected chi connectivity index (χ1v) is 7.12. The van der Waals surface area contributed by atoms with E-state index in [4.69, 9.17) is 5.73 Å². The molecular weight excluding hydrogens is 320 g/mol. The molecule has 2 aromatic rings. The molecule has 2 rings (SSSR count). The SMILES string of the molecule is CCc1nn(C)c(C(=O)Nc2cc(Br)ccc2C)c1N. The Kier molecular flexibility index (Phi) is 4.13. The Hall–Kier alpha value is -1.82. The van der Waals surface area contributed by atoms with Crippen LogP contribution in [0.2, 0.25) is 0 Å². The maximum Gasteiger partial charge on any atom is 0.276 e. The van der Waals surface area contributed by atoms with Crippen LogP contribution in [0.15, 0.2) is 22.7 Å². The number of hydrogen-bond donors (Lipinski definition) is 2. The Morgan fingerprint density at radius 2 is 2.20 bits per heavy atom. The lowest BCUT2D eigenvalue weighted by Crippen LogP contribution is -2.18. The number of nitrogens with one attached hydrogen (secondary N) is 1. The first kappa shape index (κ1) is 14.6. The fourth-order valence-corrected chi connectivity index (χ4v) is 2.40. The van der Waals surface area contributed by atoms with Crippen molar-refractivity contribution in [3.05, 3.63) is 39.6 Å². The van der Waals surface area contributed by atoms with Gasteiger partial charge in [0.25, 0.3) is 5.91 Å². The molecule has 0 spiro atoms. The molecule has 0 saturated heterocycles. The van der Waals surface area contributed by atoms with Gasteiger partial charge in [-0.05, 0) is 31.0 Å². The number of benzene rings is 1. The molecule has 1 aromatic carbocycles. The number of hydrogen-bond acceptors (Lipinski definition) is 3. The summed E-state index contributed by atoms with van der Waals surface area (Å²) in [4.78, 5) is 12.4. The molecule has 20 heavy (non-hydrogen) atoms. The number of carbonyl (C=O) groups excluding carboxylic acids is 1. The van der Waals surface area contributed by atoms with Crippen LogP contribution in [0, 0.1) is 6.92 Å². The van der Waals surface area contributed by atoms with Gasteiger partial charge in [0.2, 0.25) is 0 Å². The molecule has 0 aliphatic carbocycles. The van der Waals surface area contributed by atoms with Gasteiger partial charge in [-0.25, -0.2) is 0 Å². The normalized spacial score (nSPS) is 10.6. The highest BCUT2D eigenvalue weighted by Crippen LogP contribution is 2.23. The summed E-state index contributed by atoms with van der Waals surface area (Å²) in [7, 11) is 1.72. The number of amides is 1. The highest BCUT2D eigenvalue weighted by Gasteiger charge is 2.19. The number of aryl methyl sites for hydroxylation is 3. The van der Waals surface area contributed by atoms with Gasteiger partial charge in [0.15, 0.2) is 0 Å². The van der Waals surface area contributed by atoms with Crippen LogP contribution in [0.4, 0.5) is 11.4 Å². The van der Waals surface area contributed by atoms with E-state index in [1.165, 1.54) is 4.68 Å². The summed E-state index contributed by atoms with van der Waals surface area (Å²) in [5.41, 5.74) is 9.29. The number of rotatable bonds is 3. The van der Waals surface area contributed by atoms with Crippen LogP contribution in [0.5, 0.6) is 0 Å². The average molecular weight is 337 g/mol. The minimum Gasteiger partial charge on any atom is -0.395 e. The van der Waals surface area contributed by atoms with E-state index in [0.717, 1.165) is 21.4 Å². The highest BCUT2D eigenvalue weighted by molar-refractivity contribution is 9.10. The van der Waals surface area contributed by atoms with Crippen molar-refractivity contribution in [3.63, 3.8) is 0 Å². The topological polar surface area (TPSA) is 72.9 Å². The second-order valence-corrected chi connectivity index (χ2v) is 5.52. The van der Waals surface area contributed by atoms with Crippen molar-refractivity contribution in [2.45, 2.75) is 20.3 Å². The lowest BCUT2D eigenvalue weighted by atomic mass is 10.2. The third kappa shape index (κ3) is 2.70. The summed E-state index contributed by atoms with van der Waals surface area (Å²) < 4.78 is 2.43. The third-order valence-corrected chi connectivity index (χ3v) is 3.65. The van der Waals surface area contributed by atoms with Gasteiger partial charge in [-0.15, -0.1) is 0 Å². The minimum absolute atomic E-state index is 0.251. The molecule has 6 heteroatoms. The zero-order valence-corrected chi connectivity index (χ0v) is 13.3. The maximum absolute atomic E-state index is 12.4. The summed E-state index contributed by atoms with van der Waals surface area (Å²) in [5.74, 6) is -0.251. The van der Waals surface area contributed by atoms with Gasteiger partial charge < -0.3 is 11.1 Å². The smallest absolute Gasteiger partial charge is 0.276 e. The number of carbonyl (C=O) groups is 1. The molecular formula is C14H17BrN4O. The van der Waals surface area contributed by atoms with Crippen molar-refractivity contribution in [2.75, 3.05) is 11.1 Å². The van der Waals surface area contributed by atoms with Gasteiger partial charge >= 0.3 is 0 Å². The molecule has 0 atom stereocenters. The summed E-state index contributed by atoms with van der Waals surface area (Å²) in [5, 5.41) is 7.13. The molecule has 5 nitrogen and oxygen atoms in total. The molecule has 3 N–H and O–H groups in total. The molecule has 0 aliphatic rings. The van der Waals surface area contributed by atoms with E-state index in [0.29, 0.717) is 17.8 Å². The van der Waals surface area contributed by atoms with Crippen LogP contribution in [-0.4, -0.2) is 15.7 Å². The predicted octanol–water partition coefficient (Wildman–Crippen LogP) is 2.89. The number of nitrogens with two attached hydrogens (primary N) is 1. The molecule has 1 aromatic heterocycles. The first-order chi connectivity index (χ1) is 9.43. The Morgan fingerprint density at radius 1 is 1.50 bits per heavy atom. The van der Waals surface area contributed by atoms with E-state index in [1.807, 2.05) is 32.0 Å². The predicted molar refractivity (Wildman–Crippen MR) is 83.8 cm³/mol.